The summed E-state index contributed by atoms with van der Waals surface area (Å²) in [6, 6.07) is 7.35. The van der Waals surface area contributed by atoms with Crippen molar-refractivity contribution in [1.29, 1.82) is 0 Å². The SMILES string of the molecule is COCC(=O)NCCNc1ccc(Nc2cccnc2)nn1. The van der Waals surface area contributed by atoms with Crippen LogP contribution < -0.4 is 16.0 Å². The molecule has 0 aromatic carbocycles. The summed E-state index contributed by atoms with van der Waals surface area (Å²) in [4.78, 5) is 15.2. The van der Waals surface area contributed by atoms with Crippen molar-refractivity contribution in [3.63, 3.8) is 0 Å². The molecule has 3 N–H and O–H groups in total. The third-order valence-corrected chi connectivity index (χ3v) is 2.63. The predicted molar refractivity (Wildman–Crippen MR) is 82.9 cm³/mol. The maximum atomic E-state index is 11.2. The molecule has 0 atom stereocenters. The lowest BCUT2D eigenvalue weighted by atomic mass is 10.4. The van der Waals surface area contributed by atoms with E-state index in [4.69, 9.17) is 4.74 Å². The van der Waals surface area contributed by atoms with Crippen molar-refractivity contribution < 1.29 is 9.53 Å². The Balaban J connectivity index is 1.74. The van der Waals surface area contributed by atoms with Gasteiger partial charge in [-0.2, -0.15) is 0 Å². The summed E-state index contributed by atoms with van der Waals surface area (Å²) in [7, 11) is 1.48. The molecule has 0 unspecified atom stereocenters. The van der Waals surface area contributed by atoms with E-state index in [0.717, 1.165) is 5.69 Å². The van der Waals surface area contributed by atoms with Gasteiger partial charge in [0, 0.05) is 26.4 Å². The van der Waals surface area contributed by atoms with Gasteiger partial charge in [0.1, 0.15) is 12.4 Å². The van der Waals surface area contributed by atoms with E-state index in [1.54, 1.807) is 12.4 Å². The molecule has 0 radical (unpaired) electrons. The Morgan fingerprint density at radius 2 is 2.00 bits per heavy atom. The van der Waals surface area contributed by atoms with Crippen molar-refractivity contribution in [2.75, 3.05) is 37.4 Å². The van der Waals surface area contributed by atoms with Gasteiger partial charge in [-0.25, -0.2) is 0 Å². The van der Waals surface area contributed by atoms with Crippen LogP contribution in [-0.2, 0) is 9.53 Å². The molecule has 0 fully saturated rings. The largest absolute Gasteiger partial charge is 0.375 e. The van der Waals surface area contributed by atoms with E-state index < -0.39 is 0 Å². The van der Waals surface area contributed by atoms with Crippen molar-refractivity contribution in [1.82, 2.24) is 20.5 Å². The fraction of sp³-hybridized carbons (Fsp3) is 0.286. The Kier molecular flexibility index (Phi) is 6.06. The van der Waals surface area contributed by atoms with E-state index in [0.29, 0.717) is 24.7 Å². The molecule has 0 saturated heterocycles. The van der Waals surface area contributed by atoms with Crippen LogP contribution in [0.3, 0.4) is 0 Å². The first-order chi connectivity index (χ1) is 10.8. The molecule has 22 heavy (non-hydrogen) atoms. The van der Waals surface area contributed by atoms with Crippen LogP contribution in [0, 0.1) is 0 Å². The van der Waals surface area contributed by atoms with E-state index in [9.17, 15) is 4.79 Å². The maximum Gasteiger partial charge on any atom is 0.246 e. The zero-order valence-electron chi connectivity index (χ0n) is 12.2. The Labute approximate surface area is 128 Å². The molecule has 0 aliphatic rings. The zero-order valence-corrected chi connectivity index (χ0v) is 12.2. The highest BCUT2D eigenvalue weighted by atomic mass is 16.5. The highest BCUT2D eigenvalue weighted by Crippen LogP contribution is 2.12. The van der Waals surface area contributed by atoms with Crippen LogP contribution in [0.15, 0.2) is 36.7 Å². The molecular formula is C14H18N6O2. The van der Waals surface area contributed by atoms with Gasteiger partial charge in [-0.3, -0.25) is 9.78 Å². The molecule has 1 amide bonds. The first-order valence-corrected chi connectivity index (χ1v) is 6.78. The summed E-state index contributed by atoms with van der Waals surface area (Å²) >= 11 is 0. The minimum absolute atomic E-state index is 0.0640. The average Bonchev–Trinajstić information content (AvgIpc) is 2.54. The number of nitrogens with one attached hydrogen (secondary N) is 3. The van der Waals surface area contributed by atoms with Crippen molar-refractivity contribution in [3.05, 3.63) is 36.7 Å². The molecular weight excluding hydrogens is 284 g/mol. The number of amides is 1. The van der Waals surface area contributed by atoms with E-state index in [-0.39, 0.29) is 12.5 Å². The average molecular weight is 302 g/mol. The lowest BCUT2D eigenvalue weighted by Gasteiger charge is -2.08. The second kappa shape index (κ2) is 8.53. The van der Waals surface area contributed by atoms with Crippen LogP contribution in [0.5, 0.6) is 0 Å². The van der Waals surface area contributed by atoms with Crippen LogP contribution >= 0.6 is 0 Å². The standard InChI is InChI=1S/C14H18N6O2/c1-22-10-14(21)17-8-7-16-12-4-5-13(20-19-12)18-11-3-2-6-15-9-11/h2-6,9H,7-8,10H2,1H3,(H,16,19)(H,17,21)(H,18,20). The van der Waals surface area contributed by atoms with E-state index in [1.165, 1.54) is 7.11 Å². The first-order valence-electron chi connectivity index (χ1n) is 6.78. The molecule has 8 heteroatoms. The lowest BCUT2D eigenvalue weighted by Crippen LogP contribution is -2.31. The third kappa shape index (κ3) is 5.33. The van der Waals surface area contributed by atoms with Crippen LogP contribution in [-0.4, -0.2) is 47.9 Å². The van der Waals surface area contributed by atoms with Gasteiger partial charge in [-0.05, 0) is 24.3 Å². The number of nitrogens with zero attached hydrogens (tertiary/aromatic N) is 3. The molecule has 0 bridgehead atoms. The van der Waals surface area contributed by atoms with Gasteiger partial charge in [-0.15, -0.1) is 10.2 Å². The molecule has 8 nitrogen and oxygen atoms in total. The van der Waals surface area contributed by atoms with Crippen LogP contribution in [0.1, 0.15) is 0 Å². The normalized spacial score (nSPS) is 10.0. The summed E-state index contributed by atoms with van der Waals surface area (Å²) in [5.41, 5.74) is 0.846. The summed E-state index contributed by atoms with van der Waals surface area (Å²) in [6.07, 6.45) is 3.41. The molecule has 0 saturated carbocycles. The second-order valence-electron chi connectivity index (χ2n) is 4.38. The number of carbonyl (C=O) groups excluding carboxylic acids is 1. The van der Waals surface area contributed by atoms with Crippen molar-refractivity contribution >= 4 is 23.2 Å². The molecule has 0 aliphatic heterocycles. The van der Waals surface area contributed by atoms with Gasteiger partial charge in [-0.1, -0.05) is 0 Å². The number of ether oxygens (including phenoxy) is 1. The molecule has 2 rings (SSSR count). The fourth-order valence-electron chi connectivity index (χ4n) is 1.65. The van der Waals surface area contributed by atoms with Crippen molar-refractivity contribution in [3.8, 4) is 0 Å². The van der Waals surface area contributed by atoms with Gasteiger partial charge >= 0.3 is 0 Å². The Morgan fingerprint density at radius 1 is 1.18 bits per heavy atom. The minimum atomic E-state index is -0.147. The van der Waals surface area contributed by atoms with Crippen LogP contribution in [0.25, 0.3) is 0 Å². The number of hydrogen-bond donors (Lipinski definition) is 3. The number of pyridine rings is 1. The van der Waals surface area contributed by atoms with Crippen LogP contribution in [0.2, 0.25) is 0 Å². The highest BCUT2D eigenvalue weighted by molar-refractivity contribution is 5.77. The number of hydrogen-bond acceptors (Lipinski definition) is 7. The first kappa shape index (κ1) is 15.6. The molecule has 2 heterocycles. The monoisotopic (exact) mass is 302 g/mol. The minimum Gasteiger partial charge on any atom is -0.375 e. The molecule has 0 aliphatic carbocycles. The van der Waals surface area contributed by atoms with Crippen molar-refractivity contribution in [2.45, 2.75) is 0 Å². The quantitative estimate of drug-likeness (QED) is 0.620. The fourth-order valence-corrected chi connectivity index (χ4v) is 1.65. The smallest absolute Gasteiger partial charge is 0.246 e. The number of anilines is 3. The maximum absolute atomic E-state index is 11.2. The molecule has 0 spiro atoms. The Morgan fingerprint density at radius 3 is 2.68 bits per heavy atom. The second-order valence-corrected chi connectivity index (χ2v) is 4.38. The van der Waals surface area contributed by atoms with Crippen LogP contribution in [0.4, 0.5) is 17.3 Å². The van der Waals surface area contributed by atoms with Gasteiger partial charge in [0.15, 0.2) is 5.82 Å². The van der Waals surface area contributed by atoms with E-state index in [2.05, 4.69) is 31.1 Å². The van der Waals surface area contributed by atoms with E-state index in [1.807, 2.05) is 24.3 Å². The summed E-state index contributed by atoms with van der Waals surface area (Å²) in [5, 5.41) is 17.0. The zero-order chi connectivity index (χ0) is 15.6. The number of methoxy groups -OCH3 is 1. The van der Waals surface area contributed by atoms with Gasteiger partial charge in [0.25, 0.3) is 0 Å². The summed E-state index contributed by atoms with van der Waals surface area (Å²) < 4.78 is 4.71. The number of carbonyl (C=O) groups is 1. The molecule has 116 valence electrons. The Hall–Kier alpha value is -2.74. The van der Waals surface area contributed by atoms with Gasteiger partial charge in [0.05, 0.1) is 11.9 Å². The van der Waals surface area contributed by atoms with Gasteiger partial charge < -0.3 is 20.7 Å². The van der Waals surface area contributed by atoms with E-state index >= 15 is 0 Å². The molecule has 2 aromatic rings. The van der Waals surface area contributed by atoms with Gasteiger partial charge in [0.2, 0.25) is 5.91 Å². The Bertz CT molecular complexity index is 576. The topological polar surface area (TPSA) is 101 Å². The summed E-state index contributed by atoms with van der Waals surface area (Å²) in [5.74, 6) is 1.12. The number of rotatable bonds is 8. The lowest BCUT2D eigenvalue weighted by molar-refractivity contribution is -0.124. The predicted octanol–water partition coefficient (Wildman–Crippen LogP) is 0.790. The molecule has 2 aromatic heterocycles. The number of aromatic nitrogens is 3. The third-order valence-electron chi connectivity index (χ3n) is 2.63. The summed E-state index contributed by atoms with van der Waals surface area (Å²) in [6.45, 7) is 1.10. The highest BCUT2D eigenvalue weighted by Gasteiger charge is 2.00. The van der Waals surface area contributed by atoms with Crippen molar-refractivity contribution in [2.24, 2.45) is 0 Å².